The summed E-state index contributed by atoms with van der Waals surface area (Å²) in [5.74, 6) is 1.61. The molecule has 2 aliphatic rings. The zero-order valence-corrected chi connectivity index (χ0v) is 14.6. The molecule has 0 saturated carbocycles. The van der Waals surface area contributed by atoms with Crippen LogP contribution in [0.3, 0.4) is 0 Å². The smallest absolute Gasteiger partial charge is 0.317 e. The number of rotatable bonds is 4. The van der Waals surface area contributed by atoms with Gasteiger partial charge in [0.15, 0.2) is 5.82 Å². The molecule has 0 unspecified atom stereocenters. The topological polar surface area (TPSA) is 81.5 Å². The van der Waals surface area contributed by atoms with Crippen molar-refractivity contribution >= 4 is 6.03 Å². The van der Waals surface area contributed by atoms with E-state index in [0.29, 0.717) is 38.1 Å². The molecule has 3 heterocycles. The van der Waals surface area contributed by atoms with E-state index in [-0.39, 0.29) is 18.2 Å². The van der Waals surface area contributed by atoms with E-state index >= 15 is 0 Å². The fourth-order valence-corrected chi connectivity index (χ4v) is 3.51. The van der Waals surface area contributed by atoms with Crippen molar-refractivity contribution in [3.63, 3.8) is 0 Å². The van der Waals surface area contributed by atoms with Gasteiger partial charge in [0.05, 0.1) is 19.3 Å². The summed E-state index contributed by atoms with van der Waals surface area (Å²) >= 11 is 0. The zero-order valence-electron chi connectivity index (χ0n) is 14.6. The Bertz CT molecular complexity index is 562. The Morgan fingerprint density at radius 2 is 2.25 bits per heavy atom. The molecule has 1 N–H and O–H groups in total. The Morgan fingerprint density at radius 1 is 1.42 bits per heavy atom. The number of carbonyl (C=O) groups is 1. The van der Waals surface area contributed by atoms with Gasteiger partial charge in [0.1, 0.15) is 12.4 Å². The van der Waals surface area contributed by atoms with Crippen molar-refractivity contribution in [2.75, 3.05) is 32.8 Å². The van der Waals surface area contributed by atoms with Crippen LogP contribution >= 0.6 is 0 Å². The van der Waals surface area contributed by atoms with E-state index in [2.05, 4.69) is 29.4 Å². The standard InChI is InChI=1S/C16H27N5O3/c1-11(2)14-12(4-6-24-14)8-17-16(22)21-5-7-23-13(9-21)15-19-18-10-20(15)3/h10-14H,4-9H2,1-3H3,(H,17,22)/t12-,13+,14+/m1/s1. The molecule has 3 rings (SSSR count). The first-order valence-electron chi connectivity index (χ1n) is 8.66. The number of hydrogen-bond donors (Lipinski definition) is 1. The lowest BCUT2D eigenvalue weighted by atomic mass is 9.93. The largest absolute Gasteiger partial charge is 0.378 e. The highest BCUT2D eigenvalue weighted by Gasteiger charge is 2.32. The maximum absolute atomic E-state index is 12.5. The molecule has 0 spiro atoms. The predicted molar refractivity (Wildman–Crippen MR) is 87.4 cm³/mol. The number of aryl methyl sites for hydroxylation is 1. The minimum absolute atomic E-state index is 0.0418. The Morgan fingerprint density at radius 3 is 2.96 bits per heavy atom. The van der Waals surface area contributed by atoms with Gasteiger partial charge in [-0.15, -0.1) is 10.2 Å². The zero-order chi connectivity index (χ0) is 17.1. The maximum Gasteiger partial charge on any atom is 0.317 e. The summed E-state index contributed by atoms with van der Waals surface area (Å²) in [7, 11) is 1.88. The van der Waals surface area contributed by atoms with E-state index in [9.17, 15) is 4.79 Å². The summed E-state index contributed by atoms with van der Waals surface area (Å²) in [5, 5.41) is 11.0. The molecule has 1 aromatic heterocycles. The lowest BCUT2D eigenvalue weighted by molar-refractivity contribution is -0.0217. The second-order valence-electron chi connectivity index (χ2n) is 6.92. The van der Waals surface area contributed by atoms with Gasteiger partial charge < -0.3 is 24.3 Å². The number of nitrogens with one attached hydrogen (secondary N) is 1. The molecule has 134 valence electrons. The summed E-state index contributed by atoms with van der Waals surface area (Å²) in [6, 6.07) is -0.0418. The first kappa shape index (κ1) is 17.2. The lowest BCUT2D eigenvalue weighted by Gasteiger charge is -2.33. The van der Waals surface area contributed by atoms with Gasteiger partial charge in [-0.1, -0.05) is 13.8 Å². The SMILES string of the molecule is CC(C)[C@@H]1OCC[C@@H]1CNC(=O)N1CCO[C@H](c2nncn2C)C1. The van der Waals surface area contributed by atoms with Crippen molar-refractivity contribution in [2.45, 2.75) is 32.5 Å². The van der Waals surface area contributed by atoms with E-state index in [0.717, 1.165) is 18.9 Å². The normalized spacial score (nSPS) is 27.7. The van der Waals surface area contributed by atoms with Crippen molar-refractivity contribution in [2.24, 2.45) is 18.9 Å². The number of carbonyl (C=O) groups excluding carboxylic acids is 1. The minimum Gasteiger partial charge on any atom is -0.378 e. The average Bonchev–Trinajstić information content (AvgIpc) is 3.21. The van der Waals surface area contributed by atoms with Gasteiger partial charge in [-0.3, -0.25) is 0 Å². The highest BCUT2D eigenvalue weighted by atomic mass is 16.5. The van der Waals surface area contributed by atoms with E-state index < -0.39 is 0 Å². The average molecular weight is 337 g/mol. The molecule has 0 aliphatic carbocycles. The summed E-state index contributed by atoms with van der Waals surface area (Å²) in [4.78, 5) is 14.3. The van der Waals surface area contributed by atoms with E-state index in [4.69, 9.17) is 9.47 Å². The van der Waals surface area contributed by atoms with Gasteiger partial charge in [-0.2, -0.15) is 0 Å². The van der Waals surface area contributed by atoms with Crippen LogP contribution in [-0.4, -0.2) is 64.6 Å². The molecule has 2 amide bonds. The fraction of sp³-hybridized carbons (Fsp3) is 0.812. The van der Waals surface area contributed by atoms with E-state index in [1.807, 2.05) is 11.6 Å². The number of ether oxygens (including phenoxy) is 2. The van der Waals surface area contributed by atoms with Gasteiger partial charge in [-0.25, -0.2) is 4.79 Å². The molecule has 2 fully saturated rings. The van der Waals surface area contributed by atoms with Crippen LogP contribution < -0.4 is 5.32 Å². The van der Waals surface area contributed by atoms with Crippen LogP contribution in [0.15, 0.2) is 6.33 Å². The summed E-state index contributed by atoms with van der Waals surface area (Å²) < 4.78 is 13.4. The van der Waals surface area contributed by atoms with Gasteiger partial charge >= 0.3 is 6.03 Å². The molecule has 1 aromatic rings. The molecule has 3 atom stereocenters. The molecule has 2 aliphatic heterocycles. The molecule has 0 radical (unpaired) electrons. The molecule has 0 bridgehead atoms. The molecule has 8 heteroatoms. The van der Waals surface area contributed by atoms with Gasteiger partial charge in [0.2, 0.25) is 0 Å². The number of hydrogen-bond acceptors (Lipinski definition) is 5. The van der Waals surface area contributed by atoms with Gasteiger partial charge in [-0.05, 0) is 12.3 Å². The minimum atomic E-state index is -0.227. The highest BCUT2D eigenvalue weighted by Crippen LogP contribution is 2.26. The van der Waals surface area contributed by atoms with Crippen LogP contribution in [-0.2, 0) is 16.5 Å². The van der Waals surface area contributed by atoms with Crippen LogP contribution in [0.5, 0.6) is 0 Å². The second kappa shape index (κ2) is 7.48. The van der Waals surface area contributed by atoms with Crippen LogP contribution in [0, 0.1) is 11.8 Å². The van der Waals surface area contributed by atoms with Crippen molar-refractivity contribution in [1.29, 1.82) is 0 Å². The lowest BCUT2D eigenvalue weighted by Crippen LogP contribution is -2.49. The highest BCUT2D eigenvalue weighted by molar-refractivity contribution is 5.74. The number of morpholine rings is 1. The third-order valence-electron chi connectivity index (χ3n) is 4.82. The fourth-order valence-electron chi connectivity index (χ4n) is 3.51. The molecule has 2 saturated heterocycles. The quantitative estimate of drug-likeness (QED) is 0.885. The predicted octanol–water partition coefficient (Wildman–Crippen LogP) is 0.959. The van der Waals surface area contributed by atoms with Gasteiger partial charge in [0, 0.05) is 32.7 Å². The van der Waals surface area contributed by atoms with Crippen LogP contribution in [0.2, 0.25) is 0 Å². The number of urea groups is 1. The summed E-state index contributed by atoms with van der Waals surface area (Å²) in [6.45, 7) is 7.37. The number of nitrogens with zero attached hydrogens (tertiary/aromatic N) is 4. The number of amides is 2. The van der Waals surface area contributed by atoms with Gasteiger partial charge in [0.25, 0.3) is 0 Å². The third kappa shape index (κ3) is 3.70. The molecular weight excluding hydrogens is 310 g/mol. The maximum atomic E-state index is 12.5. The van der Waals surface area contributed by atoms with Crippen molar-refractivity contribution in [1.82, 2.24) is 25.0 Å². The van der Waals surface area contributed by atoms with Crippen molar-refractivity contribution in [3.8, 4) is 0 Å². The first-order valence-corrected chi connectivity index (χ1v) is 8.66. The summed E-state index contributed by atoms with van der Waals surface area (Å²) in [5.41, 5.74) is 0. The monoisotopic (exact) mass is 337 g/mol. The van der Waals surface area contributed by atoms with Crippen molar-refractivity contribution < 1.29 is 14.3 Å². The Kier molecular flexibility index (Phi) is 5.35. The van der Waals surface area contributed by atoms with E-state index in [1.54, 1.807) is 11.2 Å². The molecule has 8 nitrogen and oxygen atoms in total. The number of aromatic nitrogens is 3. The van der Waals surface area contributed by atoms with Crippen molar-refractivity contribution in [3.05, 3.63) is 12.2 Å². The second-order valence-corrected chi connectivity index (χ2v) is 6.92. The molecule has 0 aromatic carbocycles. The van der Waals surface area contributed by atoms with Crippen LogP contribution in [0.4, 0.5) is 4.79 Å². The Hall–Kier alpha value is -1.67. The molecule has 24 heavy (non-hydrogen) atoms. The van der Waals surface area contributed by atoms with E-state index in [1.165, 1.54) is 0 Å². The Balaban J connectivity index is 1.52. The van der Waals surface area contributed by atoms with Crippen LogP contribution in [0.1, 0.15) is 32.2 Å². The Labute approximate surface area is 142 Å². The third-order valence-corrected chi connectivity index (χ3v) is 4.82. The first-order chi connectivity index (χ1) is 11.6. The van der Waals surface area contributed by atoms with Crippen LogP contribution in [0.25, 0.3) is 0 Å². The molecular formula is C16H27N5O3. The summed E-state index contributed by atoms with van der Waals surface area (Å²) in [6.07, 6.45) is 2.66.